The number of fused-ring (bicyclic) bond motifs is 4. The number of ether oxygens (including phenoxy) is 2. The van der Waals surface area contributed by atoms with Crippen LogP contribution in [0.2, 0.25) is 0 Å². The maximum atomic E-state index is 12.5. The second-order valence-corrected chi connectivity index (χ2v) is 8.50. The number of hydrogen-bond donors (Lipinski definition) is 1. The maximum Gasteiger partial charge on any atom is 0.225 e. The molecule has 0 saturated heterocycles. The van der Waals surface area contributed by atoms with E-state index in [0.29, 0.717) is 43.0 Å². The SMILES string of the molecule is O=C(Cc1ccccn1)C[C@@H]1[C@H]2Oc3ccc(Oc4ccnc5c4CCC(=O)N5)cc3[C@@H]12. The van der Waals surface area contributed by atoms with Crippen molar-refractivity contribution >= 4 is 17.5 Å². The number of amides is 1. The molecule has 0 radical (unpaired) electrons. The monoisotopic (exact) mass is 427 g/mol. The molecule has 0 bridgehead atoms. The number of hydrogen-bond acceptors (Lipinski definition) is 6. The molecule has 160 valence electrons. The summed E-state index contributed by atoms with van der Waals surface area (Å²) in [5, 5.41) is 2.80. The molecule has 7 nitrogen and oxygen atoms in total. The van der Waals surface area contributed by atoms with Crippen LogP contribution in [0.1, 0.15) is 35.6 Å². The van der Waals surface area contributed by atoms with Crippen molar-refractivity contribution in [2.75, 3.05) is 5.32 Å². The highest BCUT2D eigenvalue weighted by Crippen LogP contribution is 2.60. The first-order valence-electron chi connectivity index (χ1n) is 10.8. The van der Waals surface area contributed by atoms with Crippen molar-refractivity contribution < 1.29 is 19.1 Å². The quantitative estimate of drug-likeness (QED) is 0.643. The van der Waals surface area contributed by atoms with Crippen molar-refractivity contribution in [1.29, 1.82) is 0 Å². The lowest BCUT2D eigenvalue weighted by molar-refractivity contribution is -0.119. The number of aromatic nitrogens is 2. The van der Waals surface area contributed by atoms with Crippen LogP contribution in [0, 0.1) is 5.92 Å². The lowest BCUT2D eigenvalue weighted by atomic mass is 10.0. The topological polar surface area (TPSA) is 90.4 Å². The molecule has 1 aliphatic carbocycles. The van der Waals surface area contributed by atoms with Crippen molar-refractivity contribution in [3.63, 3.8) is 0 Å². The van der Waals surface area contributed by atoms with Gasteiger partial charge in [0.25, 0.3) is 0 Å². The van der Waals surface area contributed by atoms with Gasteiger partial charge in [-0.3, -0.25) is 14.6 Å². The number of Topliss-reactive ketones (excluding diaryl/α,β-unsaturated/α-hetero) is 1. The number of carbonyl (C=O) groups is 2. The molecule has 6 rings (SSSR count). The highest BCUT2D eigenvalue weighted by atomic mass is 16.5. The fraction of sp³-hybridized carbons (Fsp3) is 0.280. The highest BCUT2D eigenvalue weighted by molar-refractivity contribution is 5.93. The Morgan fingerprint density at radius 2 is 2.06 bits per heavy atom. The number of anilines is 1. The summed E-state index contributed by atoms with van der Waals surface area (Å²) >= 11 is 0. The molecule has 7 heteroatoms. The number of nitrogens with one attached hydrogen (secondary N) is 1. The molecule has 1 amide bonds. The number of nitrogens with zero attached hydrogens (tertiary/aromatic N) is 2. The predicted octanol–water partition coefficient (Wildman–Crippen LogP) is 3.83. The van der Waals surface area contributed by atoms with Crippen molar-refractivity contribution in [3.05, 3.63) is 71.7 Å². The largest absolute Gasteiger partial charge is 0.489 e. The van der Waals surface area contributed by atoms with Gasteiger partial charge in [0, 0.05) is 60.3 Å². The van der Waals surface area contributed by atoms with Gasteiger partial charge < -0.3 is 14.8 Å². The van der Waals surface area contributed by atoms with Crippen LogP contribution in [0.3, 0.4) is 0 Å². The third-order valence-electron chi connectivity index (χ3n) is 6.37. The van der Waals surface area contributed by atoms with Crippen LogP contribution in [0.5, 0.6) is 17.2 Å². The minimum Gasteiger partial charge on any atom is -0.489 e. The maximum absolute atomic E-state index is 12.5. The van der Waals surface area contributed by atoms with Crippen molar-refractivity contribution in [2.24, 2.45) is 5.92 Å². The van der Waals surface area contributed by atoms with Crippen LogP contribution in [0.4, 0.5) is 5.82 Å². The minimum absolute atomic E-state index is 0.0276. The van der Waals surface area contributed by atoms with Gasteiger partial charge in [-0.25, -0.2) is 4.98 Å². The van der Waals surface area contributed by atoms with Gasteiger partial charge in [0.15, 0.2) is 0 Å². The number of carbonyl (C=O) groups excluding carboxylic acids is 2. The van der Waals surface area contributed by atoms with E-state index in [1.165, 1.54) is 0 Å². The molecule has 1 N–H and O–H groups in total. The Balaban J connectivity index is 1.16. The summed E-state index contributed by atoms with van der Waals surface area (Å²) in [5.74, 6) is 3.44. The zero-order valence-corrected chi connectivity index (χ0v) is 17.3. The first-order chi connectivity index (χ1) is 15.7. The average Bonchev–Trinajstić information content (AvgIpc) is 3.30. The molecule has 2 aliphatic heterocycles. The van der Waals surface area contributed by atoms with E-state index >= 15 is 0 Å². The molecule has 1 aromatic carbocycles. The predicted molar refractivity (Wildman–Crippen MR) is 116 cm³/mol. The second kappa shape index (κ2) is 7.44. The number of benzene rings is 1. The van der Waals surface area contributed by atoms with Crippen LogP contribution in [-0.2, 0) is 22.4 Å². The molecule has 1 fully saturated rings. The zero-order valence-electron chi connectivity index (χ0n) is 17.3. The third-order valence-corrected chi connectivity index (χ3v) is 6.37. The normalized spacial score (nSPS) is 22.1. The fourth-order valence-electron chi connectivity index (χ4n) is 4.78. The summed E-state index contributed by atoms with van der Waals surface area (Å²) in [4.78, 5) is 32.7. The van der Waals surface area contributed by atoms with Gasteiger partial charge in [-0.1, -0.05) is 6.07 Å². The van der Waals surface area contributed by atoms with E-state index in [4.69, 9.17) is 9.47 Å². The van der Waals surface area contributed by atoms with Crippen molar-refractivity contribution in [2.45, 2.75) is 37.7 Å². The highest BCUT2D eigenvalue weighted by Gasteiger charge is 2.59. The van der Waals surface area contributed by atoms with E-state index in [2.05, 4.69) is 15.3 Å². The molecule has 2 aromatic heterocycles. The van der Waals surface area contributed by atoms with Crippen LogP contribution in [0.25, 0.3) is 0 Å². The fourth-order valence-corrected chi connectivity index (χ4v) is 4.78. The summed E-state index contributed by atoms with van der Waals surface area (Å²) < 4.78 is 12.2. The lowest BCUT2D eigenvalue weighted by Gasteiger charge is -2.19. The van der Waals surface area contributed by atoms with E-state index in [0.717, 1.165) is 22.6 Å². The van der Waals surface area contributed by atoms with E-state index in [9.17, 15) is 9.59 Å². The van der Waals surface area contributed by atoms with Gasteiger partial charge in [0.1, 0.15) is 35.0 Å². The van der Waals surface area contributed by atoms with Crippen LogP contribution in [0.15, 0.2) is 54.9 Å². The summed E-state index contributed by atoms with van der Waals surface area (Å²) in [6.45, 7) is 0. The van der Waals surface area contributed by atoms with Gasteiger partial charge in [-0.2, -0.15) is 0 Å². The Labute approximate surface area is 184 Å². The smallest absolute Gasteiger partial charge is 0.225 e. The molecular weight excluding hydrogens is 406 g/mol. The molecule has 4 heterocycles. The molecule has 32 heavy (non-hydrogen) atoms. The average molecular weight is 427 g/mol. The summed E-state index contributed by atoms with van der Waals surface area (Å²) in [5.41, 5.74) is 2.81. The Morgan fingerprint density at radius 3 is 2.94 bits per heavy atom. The van der Waals surface area contributed by atoms with E-state index in [1.807, 2.05) is 42.5 Å². The number of pyridine rings is 2. The van der Waals surface area contributed by atoms with Gasteiger partial charge >= 0.3 is 0 Å². The van der Waals surface area contributed by atoms with Gasteiger partial charge in [0.2, 0.25) is 5.91 Å². The molecule has 3 aliphatic rings. The Bertz CT molecular complexity index is 1230. The third kappa shape index (κ3) is 3.39. The van der Waals surface area contributed by atoms with Crippen LogP contribution >= 0.6 is 0 Å². The zero-order chi connectivity index (χ0) is 21.7. The Morgan fingerprint density at radius 1 is 1.12 bits per heavy atom. The summed E-state index contributed by atoms with van der Waals surface area (Å²) in [6.07, 6.45) is 5.29. The number of rotatable bonds is 6. The van der Waals surface area contributed by atoms with E-state index in [1.54, 1.807) is 12.4 Å². The lowest BCUT2D eigenvalue weighted by Crippen LogP contribution is -2.20. The second-order valence-electron chi connectivity index (χ2n) is 8.50. The van der Waals surface area contributed by atoms with Crippen LogP contribution in [-0.4, -0.2) is 27.8 Å². The van der Waals surface area contributed by atoms with Crippen molar-refractivity contribution in [1.82, 2.24) is 9.97 Å². The van der Waals surface area contributed by atoms with Gasteiger partial charge in [-0.15, -0.1) is 0 Å². The van der Waals surface area contributed by atoms with Crippen LogP contribution < -0.4 is 14.8 Å². The van der Waals surface area contributed by atoms with E-state index in [-0.39, 0.29) is 29.6 Å². The van der Waals surface area contributed by atoms with Crippen molar-refractivity contribution in [3.8, 4) is 17.2 Å². The molecule has 0 unspecified atom stereocenters. The Hall–Kier alpha value is -3.74. The van der Waals surface area contributed by atoms with Gasteiger partial charge in [-0.05, 0) is 42.8 Å². The minimum atomic E-state index is -0.0276. The Kier molecular flexibility index (Phi) is 4.41. The standard InChI is InChI=1S/C25H21N3O4/c29-15(11-14-3-1-2-9-26-14)12-19-23-18-13-16(4-6-20(18)32-24(19)23)31-21-8-10-27-25-17(21)5-7-22(30)28-25/h1-4,6,8-10,13,19,23-24H,5,7,11-12H2,(H,27,28,30)/t19-,23-,24+/m0/s1. The summed E-state index contributed by atoms with van der Waals surface area (Å²) in [6, 6.07) is 13.3. The molecule has 1 saturated carbocycles. The molecule has 3 atom stereocenters. The number of ketones is 1. The van der Waals surface area contributed by atoms with Gasteiger partial charge in [0.05, 0.1) is 0 Å². The summed E-state index contributed by atoms with van der Waals surface area (Å²) in [7, 11) is 0. The molecule has 3 aromatic rings. The first-order valence-corrected chi connectivity index (χ1v) is 10.8. The van der Waals surface area contributed by atoms with E-state index < -0.39 is 0 Å². The molecular formula is C25H21N3O4. The molecule has 0 spiro atoms. The first kappa shape index (κ1) is 19.0.